The van der Waals surface area contributed by atoms with Gasteiger partial charge in [0.25, 0.3) is 0 Å². The summed E-state index contributed by atoms with van der Waals surface area (Å²) in [5, 5.41) is 2.67. The maximum atomic E-state index is 2.36. The molecule has 0 heterocycles. The van der Waals surface area contributed by atoms with Gasteiger partial charge in [-0.05, 0) is 28.2 Å². The molecule has 0 spiro atoms. The number of fused-ring (bicyclic) bond motifs is 1. The van der Waals surface area contributed by atoms with Gasteiger partial charge in [-0.15, -0.1) is 0 Å². The highest BCUT2D eigenvalue weighted by Crippen LogP contribution is 2.22. The molecule has 0 atom stereocenters. The van der Waals surface area contributed by atoms with Crippen molar-refractivity contribution in [3.8, 4) is 0 Å². The van der Waals surface area contributed by atoms with Gasteiger partial charge in [-0.3, -0.25) is 0 Å². The van der Waals surface area contributed by atoms with Crippen LogP contribution in [0.25, 0.3) is 10.8 Å². The fraction of sp³-hybridized carbons (Fsp3) is 0.545. The number of hydrogen-bond acceptors (Lipinski definition) is 0. The molecule has 0 nitrogen and oxygen atoms in total. The Morgan fingerprint density at radius 2 is 1.41 bits per heavy atom. The highest BCUT2D eigenvalue weighted by atomic mass is 14.1. The van der Waals surface area contributed by atoms with E-state index >= 15 is 0 Å². The zero-order valence-corrected chi connectivity index (χ0v) is 15.2. The molecule has 0 radical (unpaired) electrons. The Balaban J connectivity index is 0.000000228. The van der Waals surface area contributed by atoms with Gasteiger partial charge in [0, 0.05) is 0 Å². The fourth-order valence-corrected chi connectivity index (χ4v) is 2.87. The van der Waals surface area contributed by atoms with Crippen molar-refractivity contribution in [2.45, 2.75) is 72.6 Å². The van der Waals surface area contributed by atoms with Crippen LogP contribution < -0.4 is 0 Å². The van der Waals surface area contributed by atoms with Crippen LogP contribution in [0, 0.1) is 5.92 Å². The summed E-state index contributed by atoms with van der Waals surface area (Å²) in [6, 6.07) is 15.2. The van der Waals surface area contributed by atoms with E-state index < -0.39 is 0 Å². The van der Waals surface area contributed by atoms with Gasteiger partial charge in [0.1, 0.15) is 0 Å². The molecule has 2 aromatic carbocycles. The summed E-state index contributed by atoms with van der Waals surface area (Å²) in [5.74, 6) is 1.65. The third kappa shape index (κ3) is 6.22. The predicted molar refractivity (Wildman–Crippen MR) is 102 cm³/mol. The van der Waals surface area contributed by atoms with Crippen LogP contribution in [0.2, 0.25) is 0 Å². The maximum Gasteiger partial charge on any atom is -0.0181 e. The Bertz CT molecular complexity index is 518. The van der Waals surface area contributed by atoms with E-state index in [0.717, 1.165) is 5.92 Å². The fourth-order valence-electron chi connectivity index (χ4n) is 2.87. The molecule has 0 bridgehead atoms. The van der Waals surface area contributed by atoms with Gasteiger partial charge in [-0.25, -0.2) is 0 Å². The molecule has 1 aliphatic rings. The largest absolute Gasteiger partial charge is 0.0683 e. The third-order valence-corrected chi connectivity index (χ3v) is 4.33. The first-order chi connectivity index (χ1) is 10.7. The van der Waals surface area contributed by atoms with Crippen LogP contribution in [-0.4, -0.2) is 0 Å². The van der Waals surface area contributed by atoms with Crippen molar-refractivity contribution in [3.63, 3.8) is 0 Å². The summed E-state index contributed by atoms with van der Waals surface area (Å²) in [6.45, 7) is 10.8. The summed E-state index contributed by atoms with van der Waals surface area (Å²) in [5.41, 5.74) is 1.42. The minimum Gasteiger partial charge on any atom is -0.0683 e. The molecule has 3 rings (SSSR count). The monoisotopic (exact) mass is 298 g/mol. The van der Waals surface area contributed by atoms with Gasteiger partial charge in [0.15, 0.2) is 0 Å². The van der Waals surface area contributed by atoms with E-state index in [1.165, 1.54) is 48.4 Å². The first kappa shape index (κ1) is 18.7. The molecule has 22 heavy (non-hydrogen) atoms. The van der Waals surface area contributed by atoms with E-state index in [4.69, 9.17) is 0 Å². The lowest BCUT2D eigenvalue weighted by molar-refractivity contribution is 0.385. The van der Waals surface area contributed by atoms with Crippen LogP contribution in [0.3, 0.4) is 0 Å². The summed E-state index contributed by atoms with van der Waals surface area (Å²) < 4.78 is 0. The summed E-state index contributed by atoms with van der Waals surface area (Å²) in [6.07, 6.45) is 7.44. The number of rotatable bonds is 1. The molecule has 2 aromatic rings. The van der Waals surface area contributed by atoms with E-state index in [1.807, 2.05) is 13.8 Å². The minimum atomic E-state index is 0.615. The molecule has 0 amide bonds. The predicted octanol–water partition coefficient (Wildman–Crippen LogP) is 7.58. The number of hydrogen-bond donors (Lipinski definition) is 0. The third-order valence-electron chi connectivity index (χ3n) is 4.33. The van der Waals surface area contributed by atoms with Crippen LogP contribution >= 0.6 is 0 Å². The smallest absolute Gasteiger partial charge is 0.0181 e. The maximum absolute atomic E-state index is 2.36. The lowest BCUT2D eigenvalue weighted by Crippen LogP contribution is -1.99. The molecule has 0 aliphatic heterocycles. The summed E-state index contributed by atoms with van der Waals surface area (Å²) in [4.78, 5) is 0. The van der Waals surface area contributed by atoms with Crippen molar-refractivity contribution in [2.24, 2.45) is 5.92 Å². The van der Waals surface area contributed by atoms with E-state index in [1.54, 1.807) is 0 Å². The summed E-state index contributed by atoms with van der Waals surface area (Å²) >= 11 is 0. The Labute approximate surface area is 137 Å². The molecule has 122 valence electrons. The van der Waals surface area contributed by atoms with Crippen molar-refractivity contribution in [1.82, 2.24) is 0 Å². The standard InChI is InChI=1S/C13H14.C7H14.C2H6/c1-10(2)12-8-7-11-5-3-4-6-13(11)9-12;1-7-5-3-2-4-6-7;1-2/h3-10H,1-2H3;7H,2-6H2,1H3;1-2H3. The normalized spacial score (nSPS) is 14.8. The van der Waals surface area contributed by atoms with E-state index in [0.29, 0.717) is 5.92 Å². The second kappa shape index (κ2) is 10.4. The Morgan fingerprint density at radius 1 is 0.818 bits per heavy atom. The summed E-state index contributed by atoms with van der Waals surface area (Å²) in [7, 11) is 0. The van der Waals surface area contributed by atoms with Gasteiger partial charge in [0.2, 0.25) is 0 Å². The molecule has 0 aromatic heterocycles. The van der Waals surface area contributed by atoms with Gasteiger partial charge in [-0.2, -0.15) is 0 Å². The molecule has 1 fully saturated rings. The SMILES string of the molecule is CC.CC(C)c1ccc2ccccc2c1.CC1CCCCC1. The highest BCUT2D eigenvalue weighted by Gasteiger charge is 2.06. The molecule has 0 N–H and O–H groups in total. The van der Waals surface area contributed by atoms with Gasteiger partial charge < -0.3 is 0 Å². The van der Waals surface area contributed by atoms with Crippen molar-refractivity contribution in [3.05, 3.63) is 48.0 Å². The topological polar surface area (TPSA) is 0 Å². The van der Waals surface area contributed by atoms with Crippen LogP contribution in [-0.2, 0) is 0 Å². The van der Waals surface area contributed by atoms with Crippen molar-refractivity contribution in [2.75, 3.05) is 0 Å². The van der Waals surface area contributed by atoms with Crippen LogP contribution in [0.1, 0.15) is 78.2 Å². The molecule has 0 heteroatoms. The second-order valence-electron chi connectivity index (χ2n) is 6.50. The quantitative estimate of drug-likeness (QED) is 0.509. The number of benzene rings is 2. The van der Waals surface area contributed by atoms with E-state index in [-0.39, 0.29) is 0 Å². The highest BCUT2D eigenvalue weighted by molar-refractivity contribution is 5.83. The van der Waals surface area contributed by atoms with E-state index in [9.17, 15) is 0 Å². The van der Waals surface area contributed by atoms with Crippen LogP contribution in [0.4, 0.5) is 0 Å². The molecule has 1 saturated carbocycles. The van der Waals surface area contributed by atoms with Crippen LogP contribution in [0.5, 0.6) is 0 Å². The Morgan fingerprint density at radius 3 is 1.91 bits per heavy atom. The van der Waals surface area contributed by atoms with Crippen molar-refractivity contribution >= 4 is 10.8 Å². The second-order valence-corrected chi connectivity index (χ2v) is 6.50. The molecular weight excluding hydrogens is 264 g/mol. The lowest BCUT2D eigenvalue weighted by atomic mass is 9.91. The van der Waals surface area contributed by atoms with Crippen LogP contribution in [0.15, 0.2) is 42.5 Å². The zero-order valence-electron chi connectivity index (χ0n) is 15.2. The minimum absolute atomic E-state index is 0.615. The van der Waals surface area contributed by atoms with E-state index in [2.05, 4.69) is 63.2 Å². The lowest BCUT2D eigenvalue weighted by Gasteiger charge is -2.15. The molecule has 0 saturated heterocycles. The average molecular weight is 299 g/mol. The van der Waals surface area contributed by atoms with Crippen molar-refractivity contribution < 1.29 is 0 Å². The molecular formula is C22H34. The first-order valence-electron chi connectivity index (χ1n) is 9.15. The Kier molecular flexibility index (Phi) is 8.89. The van der Waals surface area contributed by atoms with Gasteiger partial charge in [-0.1, -0.05) is 109 Å². The molecule has 0 unspecified atom stereocenters. The average Bonchev–Trinajstić information content (AvgIpc) is 2.57. The van der Waals surface area contributed by atoms with Gasteiger partial charge >= 0.3 is 0 Å². The molecule has 1 aliphatic carbocycles. The Hall–Kier alpha value is -1.30. The first-order valence-corrected chi connectivity index (χ1v) is 9.15. The van der Waals surface area contributed by atoms with Gasteiger partial charge in [0.05, 0.1) is 0 Å². The van der Waals surface area contributed by atoms with Crippen molar-refractivity contribution in [1.29, 1.82) is 0 Å². The zero-order chi connectivity index (χ0) is 16.4.